The van der Waals surface area contributed by atoms with E-state index in [4.69, 9.17) is 4.74 Å². The highest BCUT2D eigenvalue weighted by molar-refractivity contribution is 7.99. The molecule has 0 radical (unpaired) electrons. The largest absolute Gasteiger partial charge is 0.491 e. The van der Waals surface area contributed by atoms with Crippen molar-refractivity contribution in [2.75, 3.05) is 37.4 Å². The lowest BCUT2D eigenvalue weighted by atomic mass is 9.83. The molecule has 2 aromatic rings. The molecular weight excluding hydrogens is 497 g/mol. The van der Waals surface area contributed by atoms with Gasteiger partial charge in [0.1, 0.15) is 18.2 Å². The Morgan fingerprint density at radius 3 is 2.54 bits per heavy atom. The molecule has 2 aliphatic rings. The Labute approximate surface area is 212 Å². The van der Waals surface area contributed by atoms with Crippen molar-refractivity contribution in [3.8, 4) is 5.75 Å². The number of carbonyl (C=O) groups is 1. The second kappa shape index (κ2) is 10.1. The predicted octanol–water partition coefficient (Wildman–Crippen LogP) is 6.54. The van der Waals surface area contributed by atoms with Crippen LogP contribution in [-0.2, 0) is 4.79 Å². The fraction of sp³-hybridized carbons (Fsp3) is 0.480. The molecule has 0 atom stereocenters. The number of hydrogen-bond acceptors (Lipinski definition) is 6. The zero-order chi connectivity index (χ0) is 25.4. The molecule has 35 heavy (non-hydrogen) atoms. The van der Waals surface area contributed by atoms with Crippen LogP contribution in [0.15, 0.2) is 46.2 Å². The first-order valence-electron chi connectivity index (χ1n) is 11.4. The van der Waals surface area contributed by atoms with Gasteiger partial charge in [0.25, 0.3) is 0 Å². The zero-order valence-corrected chi connectivity index (χ0v) is 21.5. The number of ether oxygens (including phenoxy) is 1. The van der Waals surface area contributed by atoms with Crippen molar-refractivity contribution in [3.05, 3.63) is 42.2 Å². The van der Waals surface area contributed by atoms with E-state index < -0.39 is 17.3 Å². The maximum Gasteiger partial charge on any atom is 0.312 e. The van der Waals surface area contributed by atoms with Crippen molar-refractivity contribution in [2.45, 2.75) is 42.4 Å². The molecule has 1 aliphatic heterocycles. The zero-order valence-electron chi connectivity index (χ0n) is 19.9. The van der Waals surface area contributed by atoms with Crippen molar-refractivity contribution >= 4 is 41.1 Å². The molecule has 0 bridgehead atoms. The summed E-state index contributed by atoms with van der Waals surface area (Å²) in [6, 6.07) is 10.2. The number of nitrogens with zero attached hydrogens (tertiary/aromatic N) is 2. The molecule has 5 nitrogen and oxygen atoms in total. The Morgan fingerprint density at radius 1 is 1.23 bits per heavy atom. The van der Waals surface area contributed by atoms with Gasteiger partial charge in [-0.3, -0.25) is 4.79 Å². The molecule has 2 aromatic carbocycles. The number of anilines is 2. The second-order valence-corrected chi connectivity index (χ2v) is 12.1. The van der Waals surface area contributed by atoms with Gasteiger partial charge in [-0.05, 0) is 75.2 Å². The number of aliphatic carboxylic acids is 1. The standard InChI is InChI=1S/C25H29F3N2O3S2/c1-24(2,23(31)32)15-33-20-11-21-19(10-22(20)34-14-16-12-25(27,28)13-16)30(9-8-29(3)35-21)18-6-4-17(26)5-7-18/h4-7,10-11,16H,8-9,12-15H2,1-3H3,(H,31,32). The normalized spacial score (nSPS) is 18.5. The summed E-state index contributed by atoms with van der Waals surface area (Å²) in [5.74, 6) is -2.87. The second-order valence-electron chi connectivity index (χ2n) is 9.76. The Hall–Kier alpha value is -2.04. The number of likely N-dealkylation sites (N-methyl/N-ethyl adjacent to an activating group) is 1. The Kier molecular flexibility index (Phi) is 7.54. The molecule has 4 rings (SSSR count). The minimum atomic E-state index is -2.58. The van der Waals surface area contributed by atoms with Gasteiger partial charge in [0.05, 0.1) is 20.9 Å². The average molecular weight is 527 g/mol. The highest BCUT2D eigenvalue weighted by atomic mass is 32.2. The molecule has 0 unspecified atom stereocenters. The molecular formula is C25H29F3N2O3S2. The summed E-state index contributed by atoms with van der Waals surface area (Å²) >= 11 is 3.00. The number of rotatable bonds is 8. The lowest BCUT2D eigenvalue weighted by Crippen LogP contribution is -2.36. The van der Waals surface area contributed by atoms with Crippen molar-refractivity contribution in [1.29, 1.82) is 0 Å². The maximum absolute atomic E-state index is 13.6. The van der Waals surface area contributed by atoms with E-state index in [0.29, 0.717) is 18.0 Å². The molecule has 1 fully saturated rings. The van der Waals surface area contributed by atoms with Gasteiger partial charge < -0.3 is 14.7 Å². The van der Waals surface area contributed by atoms with Gasteiger partial charge in [0, 0.05) is 37.4 Å². The third-order valence-corrected chi connectivity index (χ3v) is 8.45. The summed E-state index contributed by atoms with van der Waals surface area (Å²) in [6.45, 7) is 4.59. The van der Waals surface area contributed by atoms with Gasteiger partial charge in [0.15, 0.2) is 0 Å². The number of halogens is 3. The minimum Gasteiger partial charge on any atom is -0.491 e. The summed E-state index contributed by atoms with van der Waals surface area (Å²) in [4.78, 5) is 15.4. The lowest BCUT2D eigenvalue weighted by molar-refractivity contribution is -0.148. The summed E-state index contributed by atoms with van der Waals surface area (Å²) in [5, 5.41) is 9.50. The third-order valence-electron chi connectivity index (χ3n) is 6.16. The van der Waals surface area contributed by atoms with Gasteiger partial charge in [-0.15, -0.1) is 11.8 Å². The summed E-state index contributed by atoms with van der Waals surface area (Å²) in [6.07, 6.45) is -0.231. The molecule has 0 spiro atoms. The number of alkyl halides is 2. The van der Waals surface area contributed by atoms with Crippen LogP contribution in [0.4, 0.5) is 24.5 Å². The van der Waals surface area contributed by atoms with Gasteiger partial charge in [-0.25, -0.2) is 17.5 Å². The van der Waals surface area contributed by atoms with Gasteiger partial charge in [-0.2, -0.15) is 0 Å². The van der Waals surface area contributed by atoms with Crippen LogP contribution in [0.2, 0.25) is 0 Å². The first-order valence-corrected chi connectivity index (χ1v) is 13.2. The van der Waals surface area contributed by atoms with Crippen LogP contribution in [0.3, 0.4) is 0 Å². The smallest absolute Gasteiger partial charge is 0.312 e. The molecule has 190 valence electrons. The topological polar surface area (TPSA) is 53.0 Å². The maximum atomic E-state index is 13.6. The first kappa shape index (κ1) is 26.0. The van der Waals surface area contributed by atoms with E-state index in [1.54, 1.807) is 37.9 Å². The van der Waals surface area contributed by atoms with E-state index in [1.165, 1.54) is 23.9 Å². The SMILES string of the molecule is CN1CCN(c2ccc(F)cc2)c2cc(SCC3CC(F)(F)C3)c(OCC(C)(C)C(=O)O)cc2S1. The predicted molar refractivity (Wildman–Crippen MR) is 134 cm³/mol. The summed E-state index contributed by atoms with van der Waals surface area (Å²) < 4.78 is 48.4. The van der Waals surface area contributed by atoms with E-state index >= 15 is 0 Å². The van der Waals surface area contributed by atoms with Crippen molar-refractivity contribution < 1.29 is 27.8 Å². The van der Waals surface area contributed by atoms with Crippen LogP contribution in [0.5, 0.6) is 5.75 Å². The van der Waals surface area contributed by atoms with Crippen molar-refractivity contribution in [3.63, 3.8) is 0 Å². The molecule has 1 aliphatic carbocycles. The lowest BCUT2D eigenvalue weighted by Gasteiger charge is -2.34. The van der Waals surface area contributed by atoms with Crippen LogP contribution in [0, 0.1) is 17.2 Å². The Morgan fingerprint density at radius 2 is 1.91 bits per heavy atom. The fourth-order valence-electron chi connectivity index (χ4n) is 3.93. The summed E-state index contributed by atoms with van der Waals surface area (Å²) in [5.41, 5.74) is 0.672. The molecule has 10 heteroatoms. The van der Waals surface area contributed by atoms with E-state index in [9.17, 15) is 23.1 Å². The van der Waals surface area contributed by atoms with E-state index in [-0.39, 0.29) is 31.2 Å². The van der Waals surface area contributed by atoms with E-state index in [0.717, 1.165) is 27.7 Å². The van der Waals surface area contributed by atoms with E-state index in [2.05, 4.69) is 9.21 Å². The van der Waals surface area contributed by atoms with E-state index in [1.807, 2.05) is 19.2 Å². The average Bonchev–Trinajstić information content (AvgIpc) is 2.92. The van der Waals surface area contributed by atoms with Gasteiger partial charge >= 0.3 is 5.97 Å². The quantitative estimate of drug-likeness (QED) is 0.309. The minimum absolute atomic E-state index is 0.0294. The molecule has 1 heterocycles. The number of benzene rings is 2. The Balaban J connectivity index is 1.68. The molecule has 1 N–H and O–H groups in total. The van der Waals surface area contributed by atoms with Crippen LogP contribution < -0.4 is 9.64 Å². The highest BCUT2D eigenvalue weighted by Gasteiger charge is 2.45. The molecule has 1 saturated carbocycles. The monoisotopic (exact) mass is 526 g/mol. The number of carboxylic acid groups (broad SMARTS) is 1. The number of thioether (sulfide) groups is 1. The highest BCUT2D eigenvalue weighted by Crippen LogP contribution is 2.48. The number of carboxylic acids is 1. The van der Waals surface area contributed by atoms with Crippen molar-refractivity contribution in [1.82, 2.24) is 4.31 Å². The van der Waals surface area contributed by atoms with Gasteiger partial charge in [-0.1, -0.05) is 0 Å². The van der Waals surface area contributed by atoms with Crippen LogP contribution in [0.25, 0.3) is 0 Å². The number of fused-ring (bicyclic) bond motifs is 1. The van der Waals surface area contributed by atoms with Crippen LogP contribution in [-0.4, -0.2) is 53.8 Å². The fourth-order valence-corrected chi connectivity index (χ4v) is 5.97. The summed E-state index contributed by atoms with van der Waals surface area (Å²) in [7, 11) is 1.98. The first-order chi connectivity index (χ1) is 16.4. The van der Waals surface area contributed by atoms with Gasteiger partial charge in [0.2, 0.25) is 5.92 Å². The molecule has 0 saturated heterocycles. The Bertz CT molecular complexity index is 1070. The molecule has 0 amide bonds. The molecule has 0 aromatic heterocycles. The van der Waals surface area contributed by atoms with Crippen molar-refractivity contribution in [2.24, 2.45) is 11.3 Å². The number of hydrogen-bond donors (Lipinski definition) is 1. The van der Waals surface area contributed by atoms with Crippen LogP contribution >= 0.6 is 23.7 Å². The van der Waals surface area contributed by atoms with Crippen LogP contribution in [0.1, 0.15) is 26.7 Å². The third kappa shape index (κ3) is 6.21.